The number of hydrogen-bond donors (Lipinski definition) is 0. The summed E-state index contributed by atoms with van der Waals surface area (Å²) in [5, 5.41) is 1.34. The van der Waals surface area contributed by atoms with Crippen LogP contribution in [0, 0.1) is 6.92 Å². The van der Waals surface area contributed by atoms with Gasteiger partial charge in [0.15, 0.2) is 0 Å². The molecule has 0 N–H and O–H groups in total. The SMILES string of the molecule is C=C(C)Cn1cc(C)c2ccccc21. The molecule has 0 saturated heterocycles. The van der Waals surface area contributed by atoms with Gasteiger partial charge < -0.3 is 4.57 Å². The zero-order chi connectivity index (χ0) is 10.1. The Kier molecular flexibility index (Phi) is 2.16. The van der Waals surface area contributed by atoms with Crippen molar-refractivity contribution in [3.8, 4) is 0 Å². The average molecular weight is 185 g/mol. The summed E-state index contributed by atoms with van der Waals surface area (Å²) in [6, 6.07) is 8.49. The molecule has 1 heterocycles. The second-order valence-electron chi connectivity index (χ2n) is 3.91. The van der Waals surface area contributed by atoms with Crippen molar-refractivity contribution in [2.45, 2.75) is 20.4 Å². The van der Waals surface area contributed by atoms with Crippen LogP contribution < -0.4 is 0 Å². The van der Waals surface area contributed by atoms with Crippen LogP contribution in [0.1, 0.15) is 12.5 Å². The molecule has 0 bridgehead atoms. The lowest BCUT2D eigenvalue weighted by molar-refractivity contribution is 0.820. The zero-order valence-electron chi connectivity index (χ0n) is 8.75. The van der Waals surface area contributed by atoms with Crippen LogP contribution in [0.3, 0.4) is 0 Å². The van der Waals surface area contributed by atoms with Crippen LogP contribution in [0.15, 0.2) is 42.6 Å². The van der Waals surface area contributed by atoms with Crippen molar-refractivity contribution < 1.29 is 0 Å². The van der Waals surface area contributed by atoms with Gasteiger partial charge in [-0.2, -0.15) is 0 Å². The first-order valence-corrected chi connectivity index (χ1v) is 4.87. The van der Waals surface area contributed by atoms with Gasteiger partial charge in [0.25, 0.3) is 0 Å². The van der Waals surface area contributed by atoms with Gasteiger partial charge in [-0.25, -0.2) is 0 Å². The number of rotatable bonds is 2. The van der Waals surface area contributed by atoms with E-state index in [1.165, 1.54) is 22.0 Å². The molecular formula is C13H15N. The van der Waals surface area contributed by atoms with Gasteiger partial charge >= 0.3 is 0 Å². The Morgan fingerprint density at radius 3 is 2.79 bits per heavy atom. The minimum atomic E-state index is 0.911. The van der Waals surface area contributed by atoms with Crippen molar-refractivity contribution >= 4 is 10.9 Å². The molecule has 1 heteroatoms. The lowest BCUT2D eigenvalue weighted by Crippen LogP contribution is -1.95. The Morgan fingerprint density at radius 1 is 1.36 bits per heavy atom. The standard InChI is InChI=1S/C13H15N/c1-10(2)8-14-9-11(3)12-6-4-5-7-13(12)14/h4-7,9H,1,8H2,2-3H3. The summed E-state index contributed by atoms with van der Waals surface area (Å²) in [4.78, 5) is 0. The van der Waals surface area contributed by atoms with Crippen LogP contribution in [0.4, 0.5) is 0 Å². The second-order valence-corrected chi connectivity index (χ2v) is 3.91. The number of para-hydroxylation sites is 1. The van der Waals surface area contributed by atoms with E-state index in [-0.39, 0.29) is 0 Å². The van der Waals surface area contributed by atoms with Crippen molar-refractivity contribution in [2.75, 3.05) is 0 Å². The molecule has 0 atom stereocenters. The van der Waals surface area contributed by atoms with Gasteiger partial charge in [0.2, 0.25) is 0 Å². The molecule has 72 valence electrons. The Balaban J connectivity index is 2.60. The van der Waals surface area contributed by atoms with E-state index in [9.17, 15) is 0 Å². The summed E-state index contributed by atoms with van der Waals surface area (Å²) in [5.41, 5.74) is 3.82. The number of benzene rings is 1. The van der Waals surface area contributed by atoms with Crippen LogP contribution >= 0.6 is 0 Å². The molecule has 1 aromatic heterocycles. The molecule has 0 aliphatic rings. The van der Waals surface area contributed by atoms with Gasteiger partial charge in [0.05, 0.1) is 0 Å². The maximum absolute atomic E-state index is 3.95. The highest BCUT2D eigenvalue weighted by Crippen LogP contribution is 2.20. The third kappa shape index (κ3) is 1.46. The van der Waals surface area contributed by atoms with Gasteiger partial charge in [0.1, 0.15) is 0 Å². The molecule has 2 aromatic rings. The summed E-state index contributed by atoms with van der Waals surface area (Å²) in [6.45, 7) is 9.07. The van der Waals surface area contributed by atoms with E-state index in [2.05, 4.69) is 55.5 Å². The fourth-order valence-electron chi connectivity index (χ4n) is 1.85. The van der Waals surface area contributed by atoms with Crippen molar-refractivity contribution in [1.82, 2.24) is 4.57 Å². The number of fused-ring (bicyclic) bond motifs is 1. The van der Waals surface area contributed by atoms with Gasteiger partial charge in [-0.15, -0.1) is 0 Å². The molecule has 0 aliphatic carbocycles. The van der Waals surface area contributed by atoms with Gasteiger partial charge in [0, 0.05) is 23.6 Å². The maximum atomic E-state index is 3.95. The van der Waals surface area contributed by atoms with E-state index < -0.39 is 0 Å². The number of nitrogens with zero attached hydrogens (tertiary/aromatic N) is 1. The van der Waals surface area contributed by atoms with E-state index in [4.69, 9.17) is 0 Å². The van der Waals surface area contributed by atoms with Crippen LogP contribution in [0.5, 0.6) is 0 Å². The third-order valence-electron chi connectivity index (χ3n) is 2.43. The molecule has 0 radical (unpaired) electrons. The van der Waals surface area contributed by atoms with Crippen molar-refractivity contribution in [3.63, 3.8) is 0 Å². The molecule has 0 saturated carbocycles. The number of hydrogen-bond acceptors (Lipinski definition) is 0. The first kappa shape index (κ1) is 9.07. The fourth-order valence-corrected chi connectivity index (χ4v) is 1.85. The van der Waals surface area contributed by atoms with Gasteiger partial charge in [-0.3, -0.25) is 0 Å². The lowest BCUT2D eigenvalue weighted by Gasteiger charge is -2.03. The monoisotopic (exact) mass is 185 g/mol. The Morgan fingerprint density at radius 2 is 2.07 bits per heavy atom. The average Bonchev–Trinajstić information content (AvgIpc) is 2.44. The highest BCUT2D eigenvalue weighted by atomic mass is 15.0. The normalized spacial score (nSPS) is 10.7. The molecule has 1 nitrogen and oxygen atoms in total. The predicted octanol–water partition coefficient (Wildman–Crippen LogP) is 3.53. The molecule has 0 spiro atoms. The minimum absolute atomic E-state index is 0.911. The van der Waals surface area contributed by atoms with E-state index in [0.717, 1.165) is 6.54 Å². The molecular weight excluding hydrogens is 170 g/mol. The zero-order valence-corrected chi connectivity index (χ0v) is 8.75. The van der Waals surface area contributed by atoms with Crippen LogP contribution in [-0.4, -0.2) is 4.57 Å². The topological polar surface area (TPSA) is 4.93 Å². The molecule has 1 aromatic carbocycles. The number of allylic oxidation sites excluding steroid dienone is 1. The maximum Gasteiger partial charge on any atom is 0.0486 e. The number of aromatic nitrogens is 1. The Hall–Kier alpha value is -1.50. The van der Waals surface area contributed by atoms with E-state index >= 15 is 0 Å². The van der Waals surface area contributed by atoms with E-state index in [0.29, 0.717) is 0 Å². The van der Waals surface area contributed by atoms with E-state index in [1.807, 2.05) is 0 Å². The smallest absolute Gasteiger partial charge is 0.0486 e. The van der Waals surface area contributed by atoms with Crippen LogP contribution in [-0.2, 0) is 6.54 Å². The highest BCUT2D eigenvalue weighted by molar-refractivity contribution is 5.83. The first-order chi connectivity index (χ1) is 6.68. The second kappa shape index (κ2) is 3.33. The minimum Gasteiger partial charge on any atom is -0.343 e. The molecule has 2 rings (SSSR count). The van der Waals surface area contributed by atoms with Crippen molar-refractivity contribution in [1.29, 1.82) is 0 Å². The molecule has 0 amide bonds. The Bertz CT molecular complexity index is 477. The van der Waals surface area contributed by atoms with Gasteiger partial charge in [-0.05, 0) is 25.5 Å². The number of aryl methyl sites for hydroxylation is 1. The lowest BCUT2D eigenvalue weighted by atomic mass is 10.2. The van der Waals surface area contributed by atoms with Crippen LogP contribution in [0.2, 0.25) is 0 Å². The highest BCUT2D eigenvalue weighted by Gasteiger charge is 2.03. The molecule has 0 aliphatic heterocycles. The summed E-state index contributed by atoms with van der Waals surface area (Å²) < 4.78 is 2.26. The molecule has 14 heavy (non-hydrogen) atoms. The summed E-state index contributed by atoms with van der Waals surface area (Å²) >= 11 is 0. The van der Waals surface area contributed by atoms with Crippen molar-refractivity contribution in [3.05, 3.63) is 48.2 Å². The van der Waals surface area contributed by atoms with Crippen LogP contribution in [0.25, 0.3) is 10.9 Å². The summed E-state index contributed by atoms with van der Waals surface area (Å²) in [6.07, 6.45) is 2.19. The summed E-state index contributed by atoms with van der Waals surface area (Å²) in [5.74, 6) is 0. The fraction of sp³-hybridized carbons (Fsp3) is 0.231. The molecule has 0 unspecified atom stereocenters. The Labute approximate surface area is 84.7 Å². The summed E-state index contributed by atoms with van der Waals surface area (Å²) in [7, 11) is 0. The first-order valence-electron chi connectivity index (χ1n) is 4.87. The largest absolute Gasteiger partial charge is 0.343 e. The van der Waals surface area contributed by atoms with Gasteiger partial charge in [-0.1, -0.05) is 30.4 Å². The van der Waals surface area contributed by atoms with Crippen molar-refractivity contribution in [2.24, 2.45) is 0 Å². The predicted molar refractivity (Wildman–Crippen MR) is 61.5 cm³/mol. The van der Waals surface area contributed by atoms with E-state index in [1.54, 1.807) is 0 Å². The quantitative estimate of drug-likeness (QED) is 0.631. The third-order valence-corrected chi connectivity index (χ3v) is 2.43. The molecule has 0 fully saturated rings.